The monoisotopic (exact) mass is 294 g/mol. The van der Waals surface area contributed by atoms with Crippen molar-refractivity contribution in [1.82, 2.24) is 0 Å². The van der Waals surface area contributed by atoms with Crippen LogP contribution in [-0.2, 0) is 19.6 Å². The Morgan fingerprint density at radius 2 is 1.61 bits per heavy atom. The molecule has 0 aromatic heterocycles. The second-order valence-corrected chi connectivity index (χ2v) is 7.49. The van der Waals surface area contributed by atoms with Gasteiger partial charge in [-0.25, -0.2) is 8.88 Å². The molecule has 1 rings (SSSR count). The molecule has 1 unspecified atom stereocenters. The molecule has 3 N–H and O–H groups in total. The maximum absolute atomic E-state index is 11.5. The summed E-state index contributed by atoms with van der Waals surface area (Å²) in [6, 6.07) is 6.89. The van der Waals surface area contributed by atoms with Crippen molar-refractivity contribution in [3.05, 3.63) is 35.4 Å². The summed E-state index contributed by atoms with van der Waals surface area (Å²) in [5.74, 6) is 0.339. The third kappa shape index (κ3) is 5.44. The Bertz CT molecular complexity index is 490. The predicted octanol–water partition coefficient (Wildman–Crippen LogP) is 2.60. The van der Waals surface area contributed by atoms with Crippen LogP contribution in [0, 0.1) is 0 Å². The van der Waals surface area contributed by atoms with E-state index in [1.807, 2.05) is 13.8 Å². The summed E-state index contributed by atoms with van der Waals surface area (Å²) in [5, 5.41) is 0. The van der Waals surface area contributed by atoms with Crippen molar-refractivity contribution in [2.45, 2.75) is 25.9 Å². The highest BCUT2D eigenvalue weighted by Gasteiger charge is 2.30. The molecule has 0 heterocycles. The Kier molecular flexibility index (Phi) is 4.90. The molecule has 0 bridgehead atoms. The van der Waals surface area contributed by atoms with Crippen LogP contribution in [-0.4, -0.2) is 14.7 Å². The molecule has 1 atom stereocenters. The van der Waals surface area contributed by atoms with Gasteiger partial charge in [-0.2, -0.15) is 0 Å². The zero-order chi connectivity index (χ0) is 14.0. The fraction of sp³-hybridized carbons (Fsp3) is 0.400. The smallest absolute Gasteiger partial charge is 0.324 e. The van der Waals surface area contributed by atoms with Crippen molar-refractivity contribution in [1.29, 1.82) is 0 Å². The first-order valence-corrected chi connectivity index (χ1v) is 8.56. The van der Waals surface area contributed by atoms with Gasteiger partial charge in [0.2, 0.25) is 0 Å². The van der Waals surface area contributed by atoms with Crippen molar-refractivity contribution >= 4 is 15.4 Å². The lowest BCUT2D eigenvalue weighted by atomic mass is 10.0. The van der Waals surface area contributed by atoms with Crippen molar-refractivity contribution in [2.75, 3.05) is 0 Å². The molecule has 102 valence electrons. The van der Waals surface area contributed by atoms with Gasteiger partial charge in [-0.3, -0.25) is 4.57 Å². The van der Waals surface area contributed by atoms with Gasteiger partial charge in [0.15, 0.2) is 0 Å². The van der Waals surface area contributed by atoms with E-state index in [0.29, 0.717) is 11.5 Å². The number of rotatable bonds is 5. The highest BCUT2D eigenvalue weighted by Crippen LogP contribution is 2.58. The molecule has 0 fully saturated rings. The largest absolute Gasteiger partial charge is 0.476 e. The van der Waals surface area contributed by atoms with Crippen LogP contribution in [0.25, 0.3) is 0 Å². The van der Waals surface area contributed by atoms with Gasteiger partial charge in [0.1, 0.15) is 0 Å². The zero-order valence-corrected chi connectivity index (χ0v) is 11.8. The van der Waals surface area contributed by atoms with E-state index in [1.165, 1.54) is 0 Å². The van der Waals surface area contributed by atoms with Gasteiger partial charge in [-0.1, -0.05) is 38.1 Å². The van der Waals surface area contributed by atoms with E-state index in [1.54, 1.807) is 24.3 Å². The lowest BCUT2D eigenvalue weighted by Crippen LogP contribution is -1.94. The van der Waals surface area contributed by atoms with Crippen LogP contribution in [0.5, 0.6) is 0 Å². The van der Waals surface area contributed by atoms with Crippen LogP contribution in [0.3, 0.4) is 0 Å². The van der Waals surface area contributed by atoms with Gasteiger partial charge in [0, 0.05) is 0 Å². The molecule has 1 aromatic carbocycles. The SMILES string of the molecule is CC(C)c1ccc(CP(=O)(O)OP(=O)(O)O)cc1. The Morgan fingerprint density at radius 3 is 2.00 bits per heavy atom. The molecule has 0 aliphatic heterocycles. The third-order valence-electron chi connectivity index (χ3n) is 2.26. The average Bonchev–Trinajstić information content (AvgIpc) is 2.13. The van der Waals surface area contributed by atoms with Crippen LogP contribution in [0.15, 0.2) is 24.3 Å². The second-order valence-electron chi connectivity index (χ2n) is 4.26. The molecule has 8 heteroatoms. The van der Waals surface area contributed by atoms with Crippen LogP contribution in [0.2, 0.25) is 0 Å². The Hall–Kier alpha value is -0.480. The minimum absolute atomic E-state index is 0.339. The van der Waals surface area contributed by atoms with Crippen molar-refractivity contribution in [3.63, 3.8) is 0 Å². The first-order valence-electron chi connectivity index (χ1n) is 5.26. The van der Waals surface area contributed by atoms with Crippen molar-refractivity contribution < 1.29 is 28.1 Å². The first-order chi connectivity index (χ1) is 8.09. The minimum Gasteiger partial charge on any atom is -0.324 e. The zero-order valence-electron chi connectivity index (χ0n) is 10.1. The topological polar surface area (TPSA) is 104 Å². The Morgan fingerprint density at radius 1 is 1.11 bits per heavy atom. The molecule has 0 radical (unpaired) electrons. The van der Waals surface area contributed by atoms with Crippen LogP contribution in [0.1, 0.15) is 30.9 Å². The van der Waals surface area contributed by atoms with E-state index in [4.69, 9.17) is 9.79 Å². The molecule has 0 spiro atoms. The Balaban J connectivity index is 2.78. The van der Waals surface area contributed by atoms with Crippen molar-refractivity contribution in [3.8, 4) is 0 Å². The van der Waals surface area contributed by atoms with Crippen LogP contribution in [0.4, 0.5) is 0 Å². The van der Waals surface area contributed by atoms with Crippen LogP contribution < -0.4 is 0 Å². The maximum Gasteiger partial charge on any atom is 0.476 e. The Labute approximate surface area is 105 Å². The first kappa shape index (κ1) is 15.6. The highest BCUT2D eigenvalue weighted by molar-refractivity contribution is 7.63. The molecular formula is C10H16O6P2. The van der Waals surface area contributed by atoms with Gasteiger partial charge in [-0.15, -0.1) is 0 Å². The van der Waals surface area contributed by atoms with Gasteiger partial charge < -0.3 is 14.7 Å². The van der Waals surface area contributed by atoms with Gasteiger partial charge in [-0.05, 0) is 17.0 Å². The van der Waals surface area contributed by atoms with Gasteiger partial charge in [0.05, 0.1) is 6.16 Å². The second kappa shape index (κ2) is 5.66. The summed E-state index contributed by atoms with van der Waals surface area (Å²) in [6.07, 6.45) is -0.434. The normalized spacial score (nSPS) is 15.7. The highest BCUT2D eigenvalue weighted by atomic mass is 31.3. The number of hydrogen-bond acceptors (Lipinski definition) is 3. The number of benzene rings is 1. The molecule has 6 nitrogen and oxygen atoms in total. The van der Waals surface area contributed by atoms with E-state index in [2.05, 4.69) is 4.31 Å². The molecular weight excluding hydrogens is 278 g/mol. The summed E-state index contributed by atoms with van der Waals surface area (Å²) >= 11 is 0. The minimum atomic E-state index is -4.96. The summed E-state index contributed by atoms with van der Waals surface area (Å²) in [5.41, 5.74) is 1.56. The average molecular weight is 294 g/mol. The quantitative estimate of drug-likeness (QED) is 0.721. The van der Waals surface area contributed by atoms with E-state index in [0.717, 1.165) is 5.56 Å². The summed E-state index contributed by atoms with van der Waals surface area (Å²) in [6.45, 7) is 4.03. The summed E-state index contributed by atoms with van der Waals surface area (Å²) in [4.78, 5) is 26.3. The molecule has 0 saturated heterocycles. The molecule has 0 aliphatic carbocycles. The molecule has 1 aromatic rings. The molecule has 0 amide bonds. The van der Waals surface area contributed by atoms with E-state index >= 15 is 0 Å². The molecule has 0 saturated carbocycles. The fourth-order valence-corrected chi connectivity index (χ4v) is 3.67. The molecule has 0 aliphatic rings. The van der Waals surface area contributed by atoms with Gasteiger partial charge >= 0.3 is 15.4 Å². The van der Waals surface area contributed by atoms with Crippen LogP contribution >= 0.6 is 15.4 Å². The standard InChI is InChI=1S/C10H16O6P2/c1-8(2)10-5-3-9(4-6-10)7-17(11,12)16-18(13,14)15/h3-6,8H,7H2,1-2H3,(H,11,12)(H2,13,14,15). The summed E-state index contributed by atoms with van der Waals surface area (Å²) in [7, 11) is -9.30. The van der Waals surface area contributed by atoms with Gasteiger partial charge in [0.25, 0.3) is 0 Å². The van der Waals surface area contributed by atoms with E-state index in [9.17, 15) is 14.0 Å². The number of phosphoric acid groups is 1. The number of hydrogen-bond donors (Lipinski definition) is 3. The lowest BCUT2D eigenvalue weighted by Gasteiger charge is -2.13. The lowest BCUT2D eigenvalue weighted by molar-refractivity contribution is 0.263. The van der Waals surface area contributed by atoms with Crippen molar-refractivity contribution in [2.24, 2.45) is 0 Å². The van der Waals surface area contributed by atoms with E-state index < -0.39 is 21.6 Å². The fourth-order valence-electron chi connectivity index (χ4n) is 1.43. The predicted molar refractivity (Wildman–Crippen MR) is 67.2 cm³/mol. The maximum atomic E-state index is 11.5. The summed E-state index contributed by atoms with van der Waals surface area (Å²) < 4.78 is 25.9. The van der Waals surface area contributed by atoms with E-state index in [-0.39, 0.29) is 0 Å². The molecule has 18 heavy (non-hydrogen) atoms. The third-order valence-corrected chi connectivity index (χ3v) is 4.90.